The van der Waals surface area contributed by atoms with E-state index in [1.807, 2.05) is 0 Å². The monoisotopic (exact) mass is 761 g/mol. The Morgan fingerprint density at radius 3 is 2.26 bits per heavy atom. The van der Waals surface area contributed by atoms with E-state index in [4.69, 9.17) is 44.7 Å². The summed E-state index contributed by atoms with van der Waals surface area (Å²) in [4.78, 5) is 9.29. The first kappa shape index (κ1) is 35.6. The number of rotatable bonds is 12. The predicted molar refractivity (Wildman–Crippen MR) is 181 cm³/mol. The molecule has 2 aliphatic rings. The van der Waals surface area contributed by atoms with Gasteiger partial charge in [-0.1, -0.05) is 67.9 Å². The number of fused-ring (bicyclic) bond motifs is 2. The summed E-state index contributed by atoms with van der Waals surface area (Å²) in [6.07, 6.45) is -1.20. The lowest BCUT2D eigenvalue weighted by Gasteiger charge is -2.39. The van der Waals surface area contributed by atoms with E-state index in [9.17, 15) is 8.78 Å². The number of pyridine rings is 1. The number of benzene rings is 1. The van der Waals surface area contributed by atoms with Crippen molar-refractivity contribution >= 4 is 55.1 Å². The Morgan fingerprint density at radius 1 is 1.00 bits per heavy atom. The maximum Gasteiger partial charge on any atom is 0.301 e. The average molecular weight is 763 g/mol. The minimum Gasteiger partial charge on any atom is -0.471 e. The van der Waals surface area contributed by atoms with E-state index in [0.717, 1.165) is 6.04 Å². The lowest BCUT2D eigenvalue weighted by Crippen LogP contribution is -2.47. The number of hydrogen-bond donors (Lipinski definition) is 0. The maximum absolute atomic E-state index is 14.5. The molecule has 0 radical (unpaired) electrons. The smallest absolute Gasteiger partial charge is 0.301 e. The molecule has 46 heavy (non-hydrogen) atoms. The first-order valence-corrected chi connectivity index (χ1v) is 23.2. The zero-order valence-electron chi connectivity index (χ0n) is 27.6. The fourth-order valence-electron chi connectivity index (χ4n) is 5.00. The van der Waals surface area contributed by atoms with Gasteiger partial charge in [0.2, 0.25) is 5.88 Å². The molecular weight excluding hydrogens is 720 g/mol. The Bertz CT molecular complexity index is 1540. The van der Waals surface area contributed by atoms with E-state index in [2.05, 4.69) is 74.4 Å². The fraction of sp³-hybridized carbons (Fsp3) is 0.613. The number of imidazole rings is 1. The Morgan fingerprint density at radius 2 is 1.63 bits per heavy atom. The van der Waals surface area contributed by atoms with Crippen molar-refractivity contribution in [3.05, 3.63) is 44.9 Å². The predicted octanol–water partition coefficient (Wildman–Crippen LogP) is 7.95. The van der Waals surface area contributed by atoms with Gasteiger partial charge < -0.3 is 28.1 Å². The van der Waals surface area contributed by atoms with Crippen LogP contribution in [0.3, 0.4) is 0 Å². The molecule has 4 heterocycles. The maximum atomic E-state index is 14.5. The number of hydrogen-bond acceptors (Lipinski definition) is 8. The minimum atomic E-state index is -2.05. The van der Waals surface area contributed by atoms with Crippen LogP contribution in [0.2, 0.25) is 48.8 Å². The standard InChI is InChI=1S/C31H43BrClF2N3O6Si2/c1-31(2,3)46(7,8)44-25-16-41-26-24(15-40-27(25)26)43-30-36-23-13-20(33)29(42-14-19-21(34)11-18(32)12-22(19)35)37-28(23)38(30)17-39-9-10-45(4,5)6/h11-13,24-27H,9-10,14-17H2,1-8H3/t24-,25-,26-,27-/m1/s1. The van der Waals surface area contributed by atoms with E-state index in [1.54, 1.807) is 10.6 Å². The summed E-state index contributed by atoms with van der Waals surface area (Å²) in [7, 11) is -3.38. The van der Waals surface area contributed by atoms with Crippen molar-refractivity contribution in [3.8, 4) is 11.9 Å². The molecule has 2 aliphatic heterocycles. The zero-order valence-corrected chi connectivity index (χ0v) is 31.9. The quantitative estimate of drug-likeness (QED) is 0.136. The van der Waals surface area contributed by atoms with Gasteiger partial charge in [0.25, 0.3) is 0 Å². The van der Waals surface area contributed by atoms with Crippen molar-refractivity contribution in [3.63, 3.8) is 0 Å². The van der Waals surface area contributed by atoms with E-state index in [-0.39, 0.29) is 57.0 Å². The second-order valence-electron chi connectivity index (χ2n) is 14.6. The van der Waals surface area contributed by atoms with Crippen LogP contribution < -0.4 is 9.47 Å². The van der Waals surface area contributed by atoms with Crippen molar-refractivity contribution < 1.29 is 36.9 Å². The summed E-state index contributed by atoms with van der Waals surface area (Å²) in [6.45, 7) is 18.9. The third-order valence-corrected chi connectivity index (χ3v) is 15.7. The third-order valence-electron chi connectivity index (χ3n) is 8.75. The molecular formula is C31H43BrClF2N3O6Si2. The molecule has 5 rings (SSSR count). The van der Waals surface area contributed by atoms with Gasteiger partial charge in [0, 0.05) is 19.2 Å². The average Bonchev–Trinajstić information content (AvgIpc) is 3.60. The molecule has 15 heteroatoms. The molecule has 4 atom stereocenters. The van der Waals surface area contributed by atoms with Gasteiger partial charge in [0.1, 0.15) is 47.7 Å². The summed E-state index contributed by atoms with van der Waals surface area (Å²) in [5.41, 5.74) is 0.599. The van der Waals surface area contributed by atoms with Gasteiger partial charge in [-0.25, -0.2) is 8.78 Å². The number of nitrogens with zero attached hydrogens (tertiary/aromatic N) is 3. The van der Waals surface area contributed by atoms with Crippen LogP contribution in [0.25, 0.3) is 11.2 Å². The lowest BCUT2D eigenvalue weighted by atomic mass is 10.1. The number of halogens is 4. The Labute approximate surface area is 284 Å². The van der Waals surface area contributed by atoms with E-state index >= 15 is 0 Å². The molecule has 254 valence electrons. The first-order valence-electron chi connectivity index (χ1n) is 15.4. The van der Waals surface area contributed by atoms with Crippen molar-refractivity contribution in [2.45, 2.75) is 102 Å². The topological polar surface area (TPSA) is 86.1 Å². The molecule has 0 amide bonds. The third kappa shape index (κ3) is 7.96. The Balaban J connectivity index is 1.38. The first-order chi connectivity index (χ1) is 21.4. The van der Waals surface area contributed by atoms with E-state index in [1.165, 1.54) is 12.1 Å². The van der Waals surface area contributed by atoms with Crippen LogP contribution in [0.1, 0.15) is 26.3 Å². The molecule has 9 nitrogen and oxygen atoms in total. The highest BCUT2D eigenvalue weighted by molar-refractivity contribution is 9.10. The number of ether oxygens (including phenoxy) is 5. The largest absolute Gasteiger partial charge is 0.471 e. The summed E-state index contributed by atoms with van der Waals surface area (Å²) < 4.78 is 68.2. The molecule has 0 N–H and O–H groups in total. The SMILES string of the molecule is CC(C)(C)[Si](C)(C)O[C@@H]1CO[C@H]2[C@@H]1OC[C@H]2Oc1nc2cc(Cl)c(OCc3c(F)cc(Br)cc3F)nc2n1COCC[Si](C)(C)C. The summed E-state index contributed by atoms with van der Waals surface area (Å²) in [6, 6.07) is 5.16. The molecule has 2 fully saturated rings. The van der Waals surface area contributed by atoms with Crippen molar-refractivity contribution in [1.29, 1.82) is 0 Å². The normalized spacial score (nSPS) is 22.1. The second kappa shape index (κ2) is 13.7. The van der Waals surface area contributed by atoms with Gasteiger partial charge in [-0.2, -0.15) is 9.97 Å². The Hall–Kier alpha value is -1.66. The van der Waals surface area contributed by atoms with Crippen LogP contribution in [0.4, 0.5) is 8.78 Å². The van der Waals surface area contributed by atoms with Crippen molar-refractivity contribution in [2.24, 2.45) is 0 Å². The van der Waals surface area contributed by atoms with Crippen LogP contribution in [-0.4, -0.2) is 75.2 Å². The van der Waals surface area contributed by atoms with Gasteiger partial charge in [0.15, 0.2) is 20.1 Å². The molecule has 0 spiro atoms. The second-order valence-corrected chi connectivity index (χ2v) is 26.3. The lowest BCUT2D eigenvalue weighted by molar-refractivity contribution is 0.00686. The minimum absolute atomic E-state index is 0.000283. The fourth-order valence-corrected chi connectivity index (χ4v) is 7.67. The van der Waals surface area contributed by atoms with Gasteiger partial charge in [-0.15, -0.1) is 0 Å². The van der Waals surface area contributed by atoms with Gasteiger partial charge in [-0.05, 0) is 42.4 Å². The summed E-state index contributed by atoms with van der Waals surface area (Å²) in [5, 5.41) is 0.187. The molecule has 0 unspecified atom stereocenters. The highest BCUT2D eigenvalue weighted by atomic mass is 79.9. The van der Waals surface area contributed by atoms with Crippen LogP contribution in [-0.2, 0) is 32.0 Å². The van der Waals surface area contributed by atoms with Crippen LogP contribution in [0.15, 0.2) is 22.7 Å². The molecule has 0 bridgehead atoms. The van der Waals surface area contributed by atoms with Gasteiger partial charge in [-0.3, -0.25) is 4.57 Å². The summed E-state index contributed by atoms with van der Waals surface area (Å²) in [5.74, 6) is -1.49. The molecule has 2 aromatic heterocycles. The van der Waals surface area contributed by atoms with Crippen LogP contribution >= 0.6 is 27.5 Å². The zero-order chi connectivity index (χ0) is 33.6. The molecule has 1 aromatic carbocycles. The van der Waals surface area contributed by atoms with Crippen molar-refractivity contribution in [2.75, 3.05) is 19.8 Å². The Kier molecular flexibility index (Phi) is 10.6. The highest BCUT2D eigenvalue weighted by Gasteiger charge is 2.52. The van der Waals surface area contributed by atoms with Crippen LogP contribution in [0, 0.1) is 11.6 Å². The van der Waals surface area contributed by atoms with Gasteiger partial charge >= 0.3 is 6.01 Å². The van der Waals surface area contributed by atoms with Crippen LogP contribution in [0.5, 0.6) is 11.9 Å². The van der Waals surface area contributed by atoms with E-state index in [0.29, 0.717) is 31.0 Å². The molecule has 0 aliphatic carbocycles. The number of aromatic nitrogens is 3. The van der Waals surface area contributed by atoms with Gasteiger partial charge in [0.05, 0.1) is 24.9 Å². The van der Waals surface area contributed by atoms with Crippen molar-refractivity contribution in [1.82, 2.24) is 14.5 Å². The summed E-state index contributed by atoms with van der Waals surface area (Å²) >= 11 is 9.60. The molecule has 2 saturated heterocycles. The van der Waals surface area contributed by atoms with E-state index < -0.39 is 40.7 Å². The highest BCUT2D eigenvalue weighted by Crippen LogP contribution is 2.41. The molecule has 0 saturated carbocycles. The molecule has 3 aromatic rings.